The molecule has 3 N–H and O–H groups in total. The summed E-state index contributed by atoms with van der Waals surface area (Å²) in [6.07, 6.45) is 1.05. The van der Waals surface area contributed by atoms with E-state index in [9.17, 15) is 18.3 Å². The molecule has 0 spiro atoms. The molecule has 0 aliphatic carbocycles. The number of aromatic hydroxyl groups is 1. The number of benzene rings is 1. The van der Waals surface area contributed by atoms with Crippen molar-refractivity contribution in [2.45, 2.75) is 11.8 Å². The number of sulfone groups is 1. The molecule has 0 amide bonds. The van der Waals surface area contributed by atoms with Gasteiger partial charge in [0.25, 0.3) is 0 Å². The van der Waals surface area contributed by atoms with E-state index >= 15 is 0 Å². The van der Waals surface area contributed by atoms with Crippen LogP contribution in [0.5, 0.6) is 5.88 Å². The van der Waals surface area contributed by atoms with E-state index in [0.29, 0.717) is 10.6 Å². The van der Waals surface area contributed by atoms with Crippen molar-refractivity contribution in [3.8, 4) is 17.1 Å². The molecule has 0 fully saturated rings. The summed E-state index contributed by atoms with van der Waals surface area (Å²) in [4.78, 5) is 15.7. The largest absolute Gasteiger partial charge is 0.493 e. The lowest BCUT2D eigenvalue weighted by molar-refractivity contribution is 0.457. The Kier molecular flexibility index (Phi) is 3.19. The number of rotatable bonds is 2. The molecule has 0 bridgehead atoms. The average Bonchev–Trinajstić information content (AvgIpc) is 2.54. The molecule has 1 aromatic carbocycles. The Morgan fingerprint density at radius 1 is 1.26 bits per heavy atom. The first-order valence-corrected chi connectivity index (χ1v) is 7.49. The van der Waals surface area contributed by atoms with E-state index in [2.05, 4.69) is 9.97 Å². The topological polar surface area (TPSA) is 103 Å². The summed E-state index contributed by atoms with van der Waals surface area (Å²) in [7, 11) is -3.54. The SMILES string of the molecule is Cc1cc(Cl)cc(-c2[nH]c(=O)[nH]c2O)c1S(C)(=O)=O. The van der Waals surface area contributed by atoms with Crippen LogP contribution in [0.3, 0.4) is 0 Å². The van der Waals surface area contributed by atoms with Gasteiger partial charge in [-0.15, -0.1) is 0 Å². The first-order valence-electron chi connectivity index (χ1n) is 5.22. The second-order valence-corrected chi connectivity index (χ2v) is 6.56. The molecule has 0 aliphatic heterocycles. The summed E-state index contributed by atoms with van der Waals surface area (Å²) >= 11 is 5.90. The molecule has 1 aromatic heterocycles. The highest BCUT2D eigenvalue weighted by molar-refractivity contribution is 7.90. The Labute approximate surface area is 114 Å². The number of aryl methyl sites for hydroxylation is 1. The highest BCUT2D eigenvalue weighted by atomic mass is 35.5. The average molecular weight is 303 g/mol. The molecule has 0 aliphatic rings. The third kappa shape index (κ3) is 2.52. The minimum absolute atomic E-state index is 0.00368. The van der Waals surface area contributed by atoms with Gasteiger partial charge in [0, 0.05) is 16.8 Å². The van der Waals surface area contributed by atoms with Crippen molar-refractivity contribution in [1.29, 1.82) is 0 Å². The van der Waals surface area contributed by atoms with Crippen LogP contribution in [-0.4, -0.2) is 29.7 Å². The van der Waals surface area contributed by atoms with Gasteiger partial charge in [0.2, 0.25) is 5.88 Å². The number of aromatic nitrogens is 2. The smallest absolute Gasteiger partial charge is 0.326 e. The minimum atomic E-state index is -3.54. The standard InChI is InChI=1S/C11H11ClN2O4S/c1-5-3-6(12)4-7(9(5)19(2,17)18)8-10(15)14-11(16)13-8/h3-4,15H,1-2H3,(H2,13,14,16). The molecule has 2 aromatic rings. The Morgan fingerprint density at radius 2 is 1.89 bits per heavy atom. The van der Waals surface area contributed by atoms with Crippen LogP contribution in [0.2, 0.25) is 5.02 Å². The van der Waals surface area contributed by atoms with Gasteiger partial charge in [-0.05, 0) is 24.6 Å². The Hall–Kier alpha value is -1.73. The molecule has 0 saturated heterocycles. The van der Waals surface area contributed by atoms with Crippen LogP contribution in [0.25, 0.3) is 11.3 Å². The van der Waals surface area contributed by atoms with Crippen LogP contribution in [0, 0.1) is 6.92 Å². The number of imidazole rings is 1. The third-order valence-corrected chi connectivity index (χ3v) is 4.09. The fourth-order valence-corrected chi connectivity index (χ4v) is 3.45. The second kappa shape index (κ2) is 4.43. The molecule has 0 radical (unpaired) electrons. The number of aromatic amines is 2. The zero-order chi connectivity index (χ0) is 14.4. The first-order chi connectivity index (χ1) is 8.70. The van der Waals surface area contributed by atoms with Crippen LogP contribution in [0.1, 0.15) is 5.56 Å². The zero-order valence-corrected chi connectivity index (χ0v) is 11.7. The summed E-state index contributed by atoms with van der Waals surface area (Å²) in [6, 6.07) is 2.88. The number of halogens is 1. The lowest BCUT2D eigenvalue weighted by Crippen LogP contribution is -2.04. The van der Waals surface area contributed by atoms with Gasteiger partial charge >= 0.3 is 5.69 Å². The fraction of sp³-hybridized carbons (Fsp3) is 0.182. The molecule has 8 heteroatoms. The monoisotopic (exact) mass is 302 g/mol. The maximum absolute atomic E-state index is 11.9. The Morgan fingerprint density at radius 3 is 2.37 bits per heavy atom. The van der Waals surface area contributed by atoms with E-state index in [1.165, 1.54) is 12.1 Å². The van der Waals surface area contributed by atoms with Crippen LogP contribution in [0.4, 0.5) is 0 Å². The normalized spacial score (nSPS) is 11.7. The van der Waals surface area contributed by atoms with Crippen molar-refractivity contribution in [2.24, 2.45) is 0 Å². The summed E-state index contributed by atoms with van der Waals surface area (Å²) in [5, 5.41) is 9.94. The summed E-state index contributed by atoms with van der Waals surface area (Å²) in [5.41, 5.74) is -0.0459. The van der Waals surface area contributed by atoms with Crippen molar-refractivity contribution in [2.75, 3.05) is 6.26 Å². The molecular formula is C11H11ClN2O4S. The predicted octanol–water partition coefficient (Wildman–Crippen LogP) is 1.44. The van der Waals surface area contributed by atoms with Crippen LogP contribution in [-0.2, 0) is 9.84 Å². The number of H-pyrrole nitrogens is 2. The van der Waals surface area contributed by atoms with Crippen LogP contribution >= 0.6 is 11.6 Å². The van der Waals surface area contributed by atoms with Gasteiger partial charge in [-0.25, -0.2) is 13.2 Å². The maximum atomic E-state index is 11.9. The van der Waals surface area contributed by atoms with Gasteiger partial charge in [0.15, 0.2) is 9.84 Å². The van der Waals surface area contributed by atoms with Gasteiger partial charge in [0.05, 0.1) is 4.90 Å². The van der Waals surface area contributed by atoms with Crippen molar-refractivity contribution >= 4 is 21.4 Å². The minimum Gasteiger partial charge on any atom is -0.493 e. The molecule has 6 nitrogen and oxygen atoms in total. The maximum Gasteiger partial charge on any atom is 0.326 e. The zero-order valence-electron chi connectivity index (χ0n) is 10.1. The lowest BCUT2D eigenvalue weighted by Gasteiger charge is -2.10. The first kappa shape index (κ1) is 13.7. The predicted molar refractivity (Wildman–Crippen MR) is 71.4 cm³/mol. The van der Waals surface area contributed by atoms with E-state index in [-0.39, 0.29) is 16.2 Å². The van der Waals surface area contributed by atoms with E-state index in [1.807, 2.05) is 0 Å². The Balaban J connectivity index is 2.91. The van der Waals surface area contributed by atoms with Crippen molar-refractivity contribution in [3.63, 3.8) is 0 Å². The van der Waals surface area contributed by atoms with E-state index in [4.69, 9.17) is 11.6 Å². The van der Waals surface area contributed by atoms with Gasteiger partial charge in [-0.2, -0.15) is 0 Å². The molecule has 0 atom stereocenters. The second-order valence-electron chi connectivity index (χ2n) is 4.17. The van der Waals surface area contributed by atoms with Gasteiger partial charge in [-0.1, -0.05) is 11.6 Å². The number of nitrogens with one attached hydrogen (secondary N) is 2. The van der Waals surface area contributed by atoms with Gasteiger partial charge in [-0.3, -0.25) is 4.98 Å². The van der Waals surface area contributed by atoms with Crippen LogP contribution < -0.4 is 5.69 Å². The quantitative estimate of drug-likeness (QED) is 0.781. The molecule has 0 unspecified atom stereocenters. The third-order valence-electron chi connectivity index (χ3n) is 2.59. The Bertz CT molecular complexity index is 805. The molecule has 1 heterocycles. The molecular weight excluding hydrogens is 292 g/mol. The van der Waals surface area contributed by atoms with Crippen molar-refractivity contribution in [3.05, 3.63) is 33.2 Å². The molecule has 102 valence electrons. The molecule has 2 rings (SSSR count). The fourth-order valence-electron chi connectivity index (χ4n) is 1.98. The van der Waals surface area contributed by atoms with Crippen molar-refractivity contribution in [1.82, 2.24) is 9.97 Å². The van der Waals surface area contributed by atoms with E-state index < -0.39 is 21.4 Å². The highest BCUT2D eigenvalue weighted by Crippen LogP contribution is 2.34. The number of hydrogen-bond donors (Lipinski definition) is 3. The summed E-state index contributed by atoms with van der Waals surface area (Å²) < 4.78 is 23.7. The summed E-state index contributed by atoms with van der Waals surface area (Å²) in [6.45, 7) is 1.59. The van der Waals surface area contributed by atoms with E-state index in [0.717, 1.165) is 6.26 Å². The molecule has 0 saturated carbocycles. The van der Waals surface area contributed by atoms with E-state index in [1.54, 1.807) is 6.92 Å². The van der Waals surface area contributed by atoms with Gasteiger partial charge < -0.3 is 10.1 Å². The highest BCUT2D eigenvalue weighted by Gasteiger charge is 2.22. The van der Waals surface area contributed by atoms with Crippen LogP contribution in [0.15, 0.2) is 21.8 Å². The van der Waals surface area contributed by atoms with Crippen molar-refractivity contribution < 1.29 is 13.5 Å². The van der Waals surface area contributed by atoms with Gasteiger partial charge in [0.1, 0.15) is 5.69 Å². The lowest BCUT2D eigenvalue weighted by atomic mass is 10.1. The molecule has 19 heavy (non-hydrogen) atoms. The number of hydrogen-bond acceptors (Lipinski definition) is 4. The summed E-state index contributed by atoms with van der Waals surface area (Å²) in [5.74, 6) is -0.434.